The Morgan fingerprint density at radius 1 is 1.45 bits per heavy atom. The van der Waals surface area contributed by atoms with Crippen LogP contribution in [0.25, 0.3) is 0 Å². The summed E-state index contributed by atoms with van der Waals surface area (Å²) in [5.74, 6) is -0.0191. The maximum atomic E-state index is 10.6. The summed E-state index contributed by atoms with van der Waals surface area (Å²) in [5, 5.41) is 2.51. The quantitative estimate of drug-likeness (QED) is 0.611. The first-order valence-electron chi connectivity index (χ1n) is 4.09. The van der Waals surface area contributed by atoms with Gasteiger partial charge in [0.25, 0.3) is 0 Å². The molecule has 0 saturated heterocycles. The number of carbonyl (C=O) groups is 1. The molecular weight excluding hydrogens is 138 g/mol. The number of hydrogen-bond acceptors (Lipinski definition) is 1. The van der Waals surface area contributed by atoms with E-state index in [0.29, 0.717) is 0 Å². The highest BCUT2D eigenvalue weighted by Gasteiger charge is 1.89. The van der Waals surface area contributed by atoms with E-state index in [1.165, 1.54) is 0 Å². The topological polar surface area (TPSA) is 29.1 Å². The van der Waals surface area contributed by atoms with Gasteiger partial charge in [0.1, 0.15) is 0 Å². The number of carbonyl (C=O) groups excluding carboxylic acids is 1. The van der Waals surface area contributed by atoms with Crippen LogP contribution in [0.15, 0.2) is 11.6 Å². The summed E-state index contributed by atoms with van der Waals surface area (Å²) in [6.07, 6.45) is 2.55. The van der Waals surface area contributed by atoms with Gasteiger partial charge in [0.2, 0.25) is 5.91 Å². The molecule has 0 aromatic rings. The summed E-state index contributed by atoms with van der Waals surface area (Å²) in [5.41, 5.74) is 1.11. The van der Waals surface area contributed by atoms with Crippen LogP contribution < -0.4 is 5.32 Å². The van der Waals surface area contributed by atoms with Crippen LogP contribution in [0, 0.1) is 0 Å². The van der Waals surface area contributed by atoms with E-state index in [-0.39, 0.29) is 5.91 Å². The van der Waals surface area contributed by atoms with Gasteiger partial charge in [0.15, 0.2) is 0 Å². The molecule has 0 aliphatic rings. The summed E-state index contributed by atoms with van der Waals surface area (Å²) < 4.78 is 0. The van der Waals surface area contributed by atoms with E-state index in [4.69, 9.17) is 0 Å². The Bertz CT molecular complexity index is 128. The Hall–Kier alpha value is -0.790. The van der Waals surface area contributed by atoms with Gasteiger partial charge in [0.05, 0.1) is 0 Å². The maximum absolute atomic E-state index is 10.6. The second-order valence-corrected chi connectivity index (χ2v) is 1.96. The van der Waals surface area contributed by atoms with E-state index in [0.717, 1.165) is 12.0 Å². The molecule has 0 aromatic carbocycles. The summed E-state index contributed by atoms with van der Waals surface area (Å²) in [6.45, 7) is 7.96. The molecule has 0 aliphatic heterocycles. The van der Waals surface area contributed by atoms with Gasteiger partial charge in [-0.25, -0.2) is 0 Å². The van der Waals surface area contributed by atoms with E-state index in [1.807, 2.05) is 27.7 Å². The average Bonchev–Trinajstić information content (AvgIpc) is 2.07. The predicted octanol–water partition coefficient (Wildman–Crippen LogP) is 2.11. The number of amides is 1. The highest BCUT2D eigenvalue weighted by atomic mass is 16.1. The van der Waals surface area contributed by atoms with E-state index < -0.39 is 0 Å². The molecule has 1 N–H and O–H groups in total. The minimum absolute atomic E-state index is 0.0191. The fourth-order valence-corrected chi connectivity index (χ4v) is 0.398. The first kappa shape index (κ1) is 12.8. The Morgan fingerprint density at radius 3 is 2.18 bits per heavy atom. The third-order valence-corrected chi connectivity index (χ3v) is 1.18. The second-order valence-electron chi connectivity index (χ2n) is 1.96. The van der Waals surface area contributed by atoms with Gasteiger partial charge < -0.3 is 5.32 Å². The molecular formula is C9H19NO. The molecule has 11 heavy (non-hydrogen) atoms. The van der Waals surface area contributed by atoms with Gasteiger partial charge in [-0.2, -0.15) is 0 Å². The zero-order chi connectivity index (χ0) is 9.28. The van der Waals surface area contributed by atoms with Crippen LogP contribution in [0.3, 0.4) is 0 Å². The zero-order valence-corrected chi connectivity index (χ0v) is 8.19. The SMILES string of the molecule is CC.CC/C(C)=C\C(=O)NC. The largest absolute Gasteiger partial charge is 0.356 e. The number of allylic oxidation sites excluding steroid dienone is 1. The molecule has 1 amide bonds. The van der Waals surface area contributed by atoms with Gasteiger partial charge in [-0.1, -0.05) is 26.3 Å². The highest BCUT2D eigenvalue weighted by molar-refractivity contribution is 5.87. The van der Waals surface area contributed by atoms with Crippen molar-refractivity contribution in [2.75, 3.05) is 7.05 Å². The lowest BCUT2D eigenvalue weighted by Gasteiger charge is -1.93. The molecule has 0 aromatic heterocycles. The smallest absolute Gasteiger partial charge is 0.243 e. The number of nitrogens with one attached hydrogen (secondary N) is 1. The van der Waals surface area contributed by atoms with Crippen molar-refractivity contribution < 1.29 is 4.79 Å². The molecule has 0 radical (unpaired) electrons. The molecule has 2 nitrogen and oxygen atoms in total. The zero-order valence-electron chi connectivity index (χ0n) is 8.19. The predicted molar refractivity (Wildman–Crippen MR) is 49.5 cm³/mol. The van der Waals surface area contributed by atoms with Crippen LogP contribution in [0.1, 0.15) is 34.1 Å². The van der Waals surface area contributed by atoms with Crippen molar-refractivity contribution in [2.24, 2.45) is 0 Å². The Labute approximate surface area is 69.7 Å². The van der Waals surface area contributed by atoms with Crippen molar-refractivity contribution in [3.8, 4) is 0 Å². The molecule has 66 valence electrons. The van der Waals surface area contributed by atoms with Gasteiger partial charge >= 0.3 is 0 Å². The number of likely N-dealkylation sites (N-methyl/N-ethyl adjacent to an activating group) is 1. The lowest BCUT2D eigenvalue weighted by Crippen LogP contribution is -2.14. The minimum atomic E-state index is -0.0191. The number of hydrogen-bond donors (Lipinski definition) is 1. The highest BCUT2D eigenvalue weighted by Crippen LogP contribution is 1.95. The normalized spacial score (nSPS) is 9.73. The summed E-state index contributed by atoms with van der Waals surface area (Å²) in [7, 11) is 1.63. The molecule has 0 rings (SSSR count). The molecule has 0 atom stereocenters. The van der Waals surface area contributed by atoms with Gasteiger partial charge in [0, 0.05) is 13.1 Å². The van der Waals surface area contributed by atoms with Crippen LogP contribution in [0.4, 0.5) is 0 Å². The van der Waals surface area contributed by atoms with Crippen LogP contribution in [-0.4, -0.2) is 13.0 Å². The van der Waals surface area contributed by atoms with Crippen molar-refractivity contribution in [1.82, 2.24) is 5.32 Å². The lowest BCUT2D eigenvalue weighted by atomic mass is 10.2. The van der Waals surface area contributed by atoms with Crippen molar-refractivity contribution in [1.29, 1.82) is 0 Å². The van der Waals surface area contributed by atoms with Crippen LogP contribution >= 0.6 is 0 Å². The molecule has 2 heteroatoms. The van der Waals surface area contributed by atoms with E-state index in [9.17, 15) is 4.79 Å². The third-order valence-electron chi connectivity index (χ3n) is 1.18. The Morgan fingerprint density at radius 2 is 1.91 bits per heavy atom. The van der Waals surface area contributed by atoms with Crippen molar-refractivity contribution in [2.45, 2.75) is 34.1 Å². The van der Waals surface area contributed by atoms with E-state index in [2.05, 4.69) is 5.32 Å². The second kappa shape index (κ2) is 9.21. The van der Waals surface area contributed by atoms with Gasteiger partial charge in [-0.15, -0.1) is 0 Å². The van der Waals surface area contributed by atoms with Gasteiger partial charge in [-0.3, -0.25) is 4.79 Å². The molecule has 0 spiro atoms. The van der Waals surface area contributed by atoms with Crippen molar-refractivity contribution >= 4 is 5.91 Å². The molecule has 0 aliphatic carbocycles. The fraction of sp³-hybridized carbons (Fsp3) is 0.667. The Kier molecular flexibility index (Phi) is 10.8. The molecule has 0 fully saturated rings. The first-order chi connectivity index (χ1) is 5.20. The molecule has 0 bridgehead atoms. The number of rotatable bonds is 2. The summed E-state index contributed by atoms with van der Waals surface area (Å²) >= 11 is 0. The van der Waals surface area contributed by atoms with E-state index >= 15 is 0 Å². The third kappa shape index (κ3) is 9.21. The van der Waals surface area contributed by atoms with Gasteiger partial charge in [-0.05, 0) is 13.3 Å². The molecule has 0 heterocycles. The van der Waals surface area contributed by atoms with Crippen LogP contribution in [-0.2, 0) is 4.79 Å². The minimum Gasteiger partial charge on any atom is -0.356 e. The monoisotopic (exact) mass is 157 g/mol. The van der Waals surface area contributed by atoms with E-state index in [1.54, 1.807) is 13.1 Å². The lowest BCUT2D eigenvalue weighted by molar-refractivity contribution is -0.116. The van der Waals surface area contributed by atoms with Crippen LogP contribution in [0.2, 0.25) is 0 Å². The summed E-state index contributed by atoms with van der Waals surface area (Å²) in [6, 6.07) is 0. The van der Waals surface area contributed by atoms with Crippen LogP contribution in [0.5, 0.6) is 0 Å². The molecule has 0 saturated carbocycles. The standard InChI is InChI=1S/C7H13NO.C2H6/c1-4-6(2)5-7(9)8-3;1-2/h5H,4H2,1-3H3,(H,8,9);1-2H3/b6-5-;. The van der Waals surface area contributed by atoms with Crippen molar-refractivity contribution in [3.63, 3.8) is 0 Å². The maximum Gasteiger partial charge on any atom is 0.243 e. The van der Waals surface area contributed by atoms with Crippen molar-refractivity contribution in [3.05, 3.63) is 11.6 Å². The summed E-state index contributed by atoms with van der Waals surface area (Å²) in [4.78, 5) is 10.6. The first-order valence-corrected chi connectivity index (χ1v) is 4.09. The Balaban J connectivity index is 0. The molecule has 0 unspecified atom stereocenters. The fourth-order valence-electron chi connectivity index (χ4n) is 0.398. The average molecular weight is 157 g/mol.